The summed E-state index contributed by atoms with van der Waals surface area (Å²) in [5, 5.41) is 23.9. The molecule has 0 amide bonds. The van der Waals surface area contributed by atoms with Gasteiger partial charge in [-0.3, -0.25) is 0 Å². The van der Waals surface area contributed by atoms with Gasteiger partial charge in [-0.25, -0.2) is 9.97 Å². The Morgan fingerprint density at radius 3 is 2.07 bits per heavy atom. The van der Waals surface area contributed by atoms with Crippen molar-refractivity contribution in [3.8, 4) is 5.75 Å². The molecule has 0 aliphatic carbocycles. The van der Waals surface area contributed by atoms with Gasteiger partial charge in [0.05, 0.1) is 18.2 Å². The Balaban J connectivity index is 1.13. The number of rotatable bonds is 14. The first-order valence-electron chi connectivity index (χ1n) is 14.3. The number of nitrogens with one attached hydrogen (secondary N) is 4. The van der Waals surface area contributed by atoms with Crippen LogP contribution in [0.5, 0.6) is 5.75 Å². The van der Waals surface area contributed by atoms with Crippen molar-refractivity contribution < 1.29 is 5.11 Å². The maximum atomic E-state index is 10.3. The minimum atomic E-state index is -0.0788. The van der Waals surface area contributed by atoms with Gasteiger partial charge in [-0.15, -0.1) is 0 Å². The van der Waals surface area contributed by atoms with Crippen molar-refractivity contribution in [1.29, 1.82) is 0 Å². The van der Waals surface area contributed by atoms with Crippen LogP contribution < -0.4 is 27.0 Å². The third-order valence-corrected chi connectivity index (χ3v) is 7.31. The van der Waals surface area contributed by atoms with Crippen LogP contribution in [0.25, 0.3) is 0 Å². The highest BCUT2D eigenvalue weighted by molar-refractivity contribution is 5.79. The molecule has 0 bridgehead atoms. The highest BCUT2D eigenvalue weighted by atomic mass is 16.3. The largest absolute Gasteiger partial charge is 0.504 e. The number of anilines is 7. The molecule has 1 aliphatic heterocycles. The minimum absolute atomic E-state index is 0.0595. The van der Waals surface area contributed by atoms with Crippen molar-refractivity contribution in [1.82, 2.24) is 24.3 Å². The Kier molecular flexibility index (Phi) is 9.17. The summed E-state index contributed by atoms with van der Waals surface area (Å²) >= 11 is 0. The molecule has 3 heterocycles. The standard InChI is InChI=1S/C31H40N10O/c1-23-39(2)19-20-41(23)17-4-14-35-24-5-9-26(10-6-24)36-28-21-29(42)30(32)38-31(28)37-27-11-7-25(8-12-27)34-13-3-16-40-18-15-33-22-40/h5-12,15,18-23,34-36,42H,3-4,13-14,16-17H2,1-2H3,(H3,32,37,38). The quantitative estimate of drug-likeness (QED) is 0.110. The Hall–Kier alpha value is -5.06. The van der Waals surface area contributed by atoms with E-state index >= 15 is 0 Å². The molecule has 0 radical (unpaired) electrons. The number of nitrogens with zero attached hydrogens (tertiary/aromatic N) is 5. The molecule has 1 atom stereocenters. The first-order chi connectivity index (χ1) is 20.4. The van der Waals surface area contributed by atoms with Gasteiger partial charge in [0, 0.05) is 86.8 Å². The van der Waals surface area contributed by atoms with Crippen molar-refractivity contribution in [3.63, 3.8) is 0 Å². The molecule has 0 fully saturated rings. The molecule has 42 heavy (non-hydrogen) atoms. The molecule has 0 spiro atoms. The molecule has 11 heteroatoms. The van der Waals surface area contributed by atoms with Crippen LogP contribution in [-0.2, 0) is 6.54 Å². The molecule has 1 aliphatic rings. The number of hydrogen-bond donors (Lipinski definition) is 6. The number of benzene rings is 2. The maximum absolute atomic E-state index is 10.3. The van der Waals surface area contributed by atoms with Gasteiger partial charge >= 0.3 is 0 Å². The average Bonchev–Trinajstić information content (AvgIpc) is 3.63. The number of aromatic hydroxyl groups is 1. The molecule has 1 unspecified atom stereocenters. The zero-order valence-corrected chi connectivity index (χ0v) is 24.2. The SMILES string of the molecule is CC1N(C)C=CN1CCCNc1ccc(Nc2cc(O)c(N)nc2Nc2ccc(NCCCn3ccnc3)cc2)cc1. The van der Waals surface area contributed by atoms with E-state index in [2.05, 4.69) is 72.0 Å². The Morgan fingerprint density at radius 2 is 1.48 bits per heavy atom. The van der Waals surface area contributed by atoms with Gasteiger partial charge in [0.2, 0.25) is 0 Å². The van der Waals surface area contributed by atoms with Crippen LogP contribution in [0.2, 0.25) is 0 Å². The summed E-state index contributed by atoms with van der Waals surface area (Å²) in [5.41, 5.74) is 10.3. The van der Waals surface area contributed by atoms with E-state index in [-0.39, 0.29) is 11.6 Å². The summed E-state index contributed by atoms with van der Waals surface area (Å²) in [5.74, 6) is 0.499. The van der Waals surface area contributed by atoms with Crippen LogP contribution in [0.3, 0.4) is 0 Å². The number of nitrogens with two attached hydrogens (primary N) is 1. The normalized spacial score (nSPS) is 14.3. The van der Waals surface area contributed by atoms with E-state index in [1.807, 2.05) is 61.1 Å². The van der Waals surface area contributed by atoms with Gasteiger partial charge < -0.3 is 46.5 Å². The summed E-state index contributed by atoms with van der Waals surface area (Å²) in [6, 6.07) is 17.6. The molecule has 2 aromatic carbocycles. The number of pyridine rings is 1. The molecule has 11 nitrogen and oxygen atoms in total. The smallest absolute Gasteiger partial charge is 0.168 e. The molecule has 5 rings (SSSR count). The zero-order chi connectivity index (χ0) is 29.3. The van der Waals surface area contributed by atoms with Crippen LogP contribution in [0.15, 0.2) is 85.7 Å². The number of aromatic nitrogens is 3. The lowest BCUT2D eigenvalue weighted by Crippen LogP contribution is -2.34. The third-order valence-electron chi connectivity index (χ3n) is 7.31. The van der Waals surface area contributed by atoms with Gasteiger partial charge in [-0.05, 0) is 68.3 Å². The van der Waals surface area contributed by atoms with Gasteiger partial charge in [0.25, 0.3) is 0 Å². The Bertz CT molecular complexity index is 1440. The van der Waals surface area contributed by atoms with E-state index in [1.54, 1.807) is 12.3 Å². The lowest BCUT2D eigenvalue weighted by Gasteiger charge is -2.27. The van der Waals surface area contributed by atoms with Gasteiger partial charge in [-0.2, -0.15) is 0 Å². The van der Waals surface area contributed by atoms with Crippen molar-refractivity contribution in [2.45, 2.75) is 32.5 Å². The summed E-state index contributed by atoms with van der Waals surface area (Å²) in [4.78, 5) is 13.0. The van der Waals surface area contributed by atoms with Gasteiger partial charge in [0.1, 0.15) is 0 Å². The van der Waals surface area contributed by atoms with Crippen LogP contribution in [0.4, 0.5) is 40.1 Å². The van der Waals surface area contributed by atoms with Crippen LogP contribution >= 0.6 is 0 Å². The van der Waals surface area contributed by atoms with Gasteiger partial charge in [0.15, 0.2) is 17.4 Å². The predicted molar refractivity (Wildman–Crippen MR) is 171 cm³/mol. The molecule has 0 saturated carbocycles. The molecule has 220 valence electrons. The van der Waals surface area contributed by atoms with E-state index in [4.69, 9.17) is 5.73 Å². The highest BCUT2D eigenvalue weighted by Crippen LogP contribution is 2.33. The summed E-state index contributed by atoms with van der Waals surface area (Å²) in [6.45, 7) is 5.87. The summed E-state index contributed by atoms with van der Waals surface area (Å²) in [6.07, 6.45) is 12.3. The predicted octanol–water partition coefficient (Wildman–Crippen LogP) is 5.42. The van der Waals surface area contributed by atoms with E-state index in [1.165, 1.54) is 0 Å². The zero-order valence-electron chi connectivity index (χ0n) is 24.2. The summed E-state index contributed by atoms with van der Waals surface area (Å²) in [7, 11) is 2.10. The fraction of sp³-hybridized carbons (Fsp3) is 0.290. The second kappa shape index (κ2) is 13.5. The van der Waals surface area contributed by atoms with E-state index in [0.717, 1.165) is 61.8 Å². The first-order valence-corrected chi connectivity index (χ1v) is 14.3. The fourth-order valence-corrected chi connectivity index (χ4v) is 4.69. The third kappa shape index (κ3) is 7.57. The van der Waals surface area contributed by atoms with Crippen molar-refractivity contribution in [2.75, 3.05) is 53.7 Å². The highest BCUT2D eigenvalue weighted by Gasteiger charge is 2.17. The number of aryl methyl sites for hydroxylation is 1. The second-order valence-electron chi connectivity index (χ2n) is 10.4. The minimum Gasteiger partial charge on any atom is -0.504 e. The van der Waals surface area contributed by atoms with E-state index < -0.39 is 0 Å². The molecular weight excluding hydrogens is 528 g/mol. The number of nitrogen functional groups attached to an aromatic ring is 1. The van der Waals surface area contributed by atoms with E-state index in [9.17, 15) is 5.11 Å². The lowest BCUT2D eigenvalue weighted by atomic mass is 10.2. The number of hydrogen-bond acceptors (Lipinski definition) is 10. The first kappa shape index (κ1) is 28.5. The molecular formula is C31H40N10O. The molecule has 0 saturated heterocycles. The Labute approximate surface area is 247 Å². The fourth-order valence-electron chi connectivity index (χ4n) is 4.69. The molecule has 4 aromatic rings. The average molecular weight is 569 g/mol. The number of imidazole rings is 1. The second-order valence-corrected chi connectivity index (χ2v) is 10.4. The lowest BCUT2D eigenvalue weighted by molar-refractivity contribution is 0.195. The molecule has 7 N–H and O–H groups in total. The maximum Gasteiger partial charge on any atom is 0.168 e. The van der Waals surface area contributed by atoms with Crippen molar-refractivity contribution in [3.05, 3.63) is 85.7 Å². The molecule has 2 aromatic heterocycles. The van der Waals surface area contributed by atoms with Crippen LogP contribution in [0, 0.1) is 0 Å². The summed E-state index contributed by atoms with van der Waals surface area (Å²) < 4.78 is 2.07. The van der Waals surface area contributed by atoms with Crippen LogP contribution in [-0.4, -0.2) is 62.3 Å². The van der Waals surface area contributed by atoms with E-state index in [0.29, 0.717) is 17.7 Å². The van der Waals surface area contributed by atoms with Crippen molar-refractivity contribution >= 4 is 40.1 Å². The monoisotopic (exact) mass is 568 g/mol. The van der Waals surface area contributed by atoms with Gasteiger partial charge in [-0.1, -0.05) is 0 Å². The van der Waals surface area contributed by atoms with Crippen molar-refractivity contribution in [2.24, 2.45) is 0 Å². The topological polar surface area (TPSA) is 132 Å². The van der Waals surface area contributed by atoms with Crippen LogP contribution in [0.1, 0.15) is 19.8 Å². The Morgan fingerprint density at radius 1 is 0.857 bits per heavy atom.